The highest BCUT2D eigenvalue weighted by atomic mass is 19.3. The van der Waals surface area contributed by atoms with Crippen LogP contribution in [0.5, 0.6) is 0 Å². The van der Waals surface area contributed by atoms with Crippen LogP contribution in [-0.4, -0.2) is 31.1 Å². The van der Waals surface area contributed by atoms with Gasteiger partial charge in [-0.05, 0) is 32.4 Å². The smallest absolute Gasteiger partial charge is 0.285 e. The minimum atomic E-state index is -2.81. The summed E-state index contributed by atoms with van der Waals surface area (Å²) in [5.41, 5.74) is 5.88. The zero-order chi connectivity index (χ0) is 14.6. The molecule has 1 saturated carbocycles. The molecule has 0 spiro atoms. The number of nitrogens with zero attached hydrogens (tertiary/aromatic N) is 1. The Morgan fingerprint density at radius 2 is 1.85 bits per heavy atom. The molecule has 0 saturated heterocycles. The standard InChI is InChI=1S/C16H24F2N2/c1-20(15-10-6-5-7-13(15)11-19)12-16(17,18)14-8-3-2-4-9-14/h2-4,8-9,13,15H,5-7,10-12,19H2,1H3. The van der Waals surface area contributed by atoms with Gasteiger partial charge in [-0.15, -0.1) is 0 Å². The van der Waals surface area contributed by atoms with Crippen LogP contribution in [0.4, 0.5) is 8.78 Å². The lowest BCUT2D eigenvalue weighted by atomic mass is 9.83. The molecule has 0 heterocycles. The van der Waals surface area contributed by atoms with Gasteiger partial charge in [0.1, 0.15) is 0 Å². The Morgan fingerprint density at radius 3 is 2.50 bits per heavy atom. The number of benzene rings is 1. The molecule has 2 unspecified atom stereocenters. The van der Waals surface area contributed by atoms with E-state index in [1.54, 1.807) is 25.2 Å². The Labute approximate surface area is 120 Å². The third kappa shape index (κ3) is 3.55. The van der Waals surface area contributed by atoms with Gasteiger partial charge in [0.15, 0.2) is 0 Å². The van der Waals surface area contributed by atoms with Crippen LogP contribution in [0.15, 0.2) is 30.3 Å². The molecule has 1 fully saturated rings. The predicted molar refractivity (Wildman–Crippen MR) is 77.8 cm³/mol. The Balaban J connectivity index is 2.04. The third-order valence-electron chi connectivity index (χ3n) is 4.38. The molecular formula is C16H24F2N2. The molecule has 112 valence electrons. The average Bonchev–Trinajstić information content (AvgIpc) is 2.47. The second-order valence-electron chi connectivity index (χ2n) is 5.83. The van der Waals surface area contributed by atoms with E-state index in [0.29, 0.717) is 12.5 Å². The van der Waals surface area contributed by atoms with E-state index in [1.807, 2.05) is 4.90 Å². The number of nitrogens with two attached hydrogens (primary N) is 1. The van der Waals surface area contributed by atoms with E-state index in [1.165, 1.54) is 18.6 Å². The second-order valence-corrected chi connectivity index (χ2v) is 5.83. The van der Waals surface area contributed by atoms with Gasteiger partial charge in [0.05, 0.1) is 6.54 Å². The van der Waals surface area contributed by atoms with Crippen LogP contribution in [0, 0.1) is 5.92 Å². The molecule has 2 atom stereocenters. The minimum absolute atomic E-state index is 0.0898. The molecule has 4 heteroatoms. The zero-order valence-corrected chi connectivity index (χ0v) is 12.1. The number of hydrogen-bond donors (Lipinski definition) is 1. The number of rotatable bonds is 5. The van der Waals surface area contributed by atoms with Crippen molar-refractivity contribution in [3.8, 4) is 0 Å². The van der Waals surface area contributed by atoms with Crippen LogP contribution in [0.2, 0.25) is 0 Å². The fraction of sp³-hybridized carbons (Fsp3) is 0.625. The van der Waals surface area contributed by atoms with Crippen molar-refractivity contribution in [1.82, 2.24) is 4.90 Å². The average molecular weight is 282 g/mol. The molecular weight excluding hydrogens is 258 g/mol. The molecule has 2 rings (SSSR count). The van der Waals surface area contributed by atoms with Crippen molar-refractivity contribution in [1.29, 1.82) is 0 Å². The monoisotopic (exact) mass is 282 g/mol. The molecule has 2 nitrogen and oxygen atoms in total. The molecule has 0 aromatic heterocycles. The first-order valence-electron chi connectivity index (χ1n) is 7.38. The van der Waals surface area contributed by atoms with Crippen molar-refractivity contribution < 1.29 is 8.78 Å². The lowest BCUT2D eigenvalue weighted by molar-refractivity contribution is -0.0501. The van der Waals surface area contributed by atoms with Gasteiger partial charge >= 0.3 is 0 Å². The molecule has 0 aliphatic heterocycles. The third-order valence-corrected chi connectivity index (χ3v) is 4.38. The first kappa shape index (κ1) is 15.4. The Hall–Kier alpha value is -1.00. The summed E-state index contributed by atoms with van der Waals surface area (Å²) in [6.45, 7) is 0.351. The summed E-state index contributed by atoms with van der Waals surface area (Å²) in [5, 5.41) is 0. The maximum atomic E-state index is 14.3. The number of alkyl halides is 2. The highest BCUT2D eigenvalue weighted by Gasteiger charge is 2.36. The van der Waals surface area contributed by atoms with E-state index >= 15 is 0 Å². The molecule has 1 aromatic rings. The SMILES string of the molecule is CN(CC(F)(F)c1ccccc1)C1CCCCC1CN. The lowest BCUT2D eigenvalue weighted by Crippen LogP contribution is -2.46. The van der Waals surface area contributed by atoms with Gasteiger partial charge in [-0.2, -0.15) is 8.78 Å². The fourth-order valence-electron chi connectivity index (χ4n) is 3.25. The summed E-state index contributed by atoms with van der Waals surface area (Å²) < 4.78 is 28.6. The van der Waals surface area contributed by atoms with E-state index in [-0.39, 0.29) is 18.2 Å². The van der Waals surface area contributed by atoms with E-state index in [9.17, 15) is 8.78 Å². The van der Waals surface area contributed by atoms with E-state index in [4.69, 9.17) is 5.73 Å². The van der Waals surface area contributed by atoms with Crippen molar-refractivity contribution in [2.45, 2.75) is 37.6 Å². The maximum Gasteiger partial charge on any atom is 0.285 e. The lowest BCUT2D eigenvalue weighted by Gasteiger charge is -2.39. The van der Waals surface area contributed by atoms with Crippen LogP contribution in [0.1, 0.15) is 31.2 Å². The van der Waals surface area contributed by atoms with Gasteiger partial charge in [0, 0.05) is 11.6 Å². The highest BCUT2D eigenvalue weighted by Crippen LogP contribution is 2.33. The quantitative estimate of drug-likeness (QED) is 0.898. The van der Waals surface area contributed by atoms with Crippen molar-refractivity contribution in [3.05, 3.63) is 35.9 Å². The van der Waals surface area contributed by atoms with Crippen LogP contribution < -0.4 is 5.73 Å². The largest absolute Gasteiger partial charge is 0.330 e. The molecule has 20 heavy (non-hydrogen) atoms. The molecule has 2 N–H and O–H groups in total. The Kier molecular flexibility index (Phi) is 5.11. The Bertz CT molecular complexity index is 408. The topological polar surface area (TPSA) is 29.3 Å². The zero-order valence-electron chi connectivity index (χ0n) is 12.1. The molecule has 0 amide bonds. The number of halogens is 2. The minimum Gasteiger partial charge on any atom is -0.330 e. The van der Waals surface area contributed by atoms with Gasteiger partial charge in [-0.1, -0.05) is 43.2 Å². The van der Waals surface area contributed by atoms with Crippen LogP contribution in [0.3, 0.4) is 0 Å². The van der Waals surface area contributed by atoms with Crippen molar-refractivity contribution >= 4 is 0 Å². The summed E-state index contributed by atoms with van der Waals surface area (Å²) in [7, 11) is 1.80. The summed E-state index contributed by atoms with van der Waals surface area (Å²) >= 11 is 0. The van der Waals surface area contributed by atoms with Gasteiger partial charge < -0.3 is 5.73 Å². The van der Waals surface area contributed by atoms with E-state index < -0.39 is 5.92 Å². The van der Waals surface area contributed by atoms with Crippen LogP contribution >= 0.6 is 0 Å². The van der Waals surface area contributed by atoms with Crippen molar-refractivity contribution in [2.75, 3.05) is 20.1 Å². The highest BCUT2D eigenvalue weighted by molar-refractivity contribution is 5.20. The fourth-order valence-corrected chi connectivity index (χ4v) is 3.25. The summed E-state index contributed by atoms with van der Waals surface area (Å²) in [5.74, 6) is -2.47. The van der Waals surface area contributed by atoms with Crippen molar-refractivity contribution in [3.63, 3.8) is 0 Å². The van der Waals surface area contributed by atoms with Gasteiger partial charge in [0.2, 0.25) is 0 Å². The molecule has 1 aliphatic carbocycles. The molecule has 1 aliphatic rings. The summed E-state index contributed by atoms with van der Waals surface area (Å²) in [4.78, 5) is 1.81. The first-order chi connectivity index (χ1) is 9.54. The van der Waals surface area contributed by atoms with Crippen LogP contribution in [-0.2, 0) is 5.92 Å². The molecule has 0 bridgehead atoms. The molecule has 1 aromatic carbocycles. The Morgan fingerprint density at radius 1 is 1.20 bits per heavy atom. The van der Waals surface area contributed by atoms with E-state index in [0.717, 1.165) is 19.3 Å². The first-order valence-corrected chi connectivity index (χ1v) is 7.38. The number of hydrogen-bond acceptors (Lipinski definition) is 2. The van der Waals surface area contributed by atoms with Crippen molar-refractivity contribution in [2.24, 2.45) is 11.7 Å². The maximum absolute atomic E-state index is 14.3. The summed E-state index contributed by atoms with van der Waals surface area (Å²) in [6.07, 6.45) is 4.31. The normalized spacial score (nSPS) is 24.1. The summed E-state index contributed by atoms with van der Waals surface area (Å²) in [6, 6.07) is 8.25. The van der Waals surface area contributed by atoms with Gasteiger partial charge in [0.25, 0.3) is 5.92 Å². The second kappa shape index (κ2) is 6.64. The number of likely N-dealkylation sites (N-methyl/N-ethyl adjacent to an activating group) is 1. The van der Waals surface area contributed by atoms with Gasteiger partial charge in [-0.3, -0.25) is 4.90 Å². The molecule has 0 radical (unpaired) electrons. The predicted octanol–water partition coefficient (Wildman–Crippen LogP) is 3.23. The van der Waals surface area contributed by atoms with Gasteiger partial charge in [-0.25, -0.2) is 0 Å². The van der Waals surface area contributed by atoms with Crippen LogP contribution in [0.25, 0.3) is 0 Å². The van der Waals surface area contributed by atoms with E-state index in [2.05, 4.69) is 0 Å².